The Morgan fingerprint density at radius 3 is 2.72 bits per heavy atom. The Labute approximate surface area is 111 Å². The predicted molar refractivity (Wildman–Crippen MR) is 72.1 cm³/mol. The molecule has 0 aliphatic heterocycles. The molecule has 2 aromatic rings. The van der Waals surface area contributed by atoms with E-state index in [0.717, 1.165) is 17.0 Å². The van der Waals surface area contributed by atoms with Crippen molar-refractivity contribution < 1.29 is 4.39 Å². The van der Waals surface area contributed by atoms with Gasteiger partial charge in [0.15, 0.2) is 0 Å². The number of halogens is 1. The van der Waals surface area contributed by atoms with Crippen molar-refractivity contribution in [3.05, 3.63) is 54.1 Å². The lowest BCUT2D eigenvalue weighted by atomic mass is 10.2. The molecular formula is C14H15FN2S. The number of nitrogens with one attached hydrogen (secondary N) is 1. The fraction of sp³-hybridized carbons (Fsp3) is 0.214. The molecule has 0 bridgehead atoms. The van der Waals surface area contributed by atoms with Crippen LogP contribution in [-0.2, 0) is 6.54 Å². The number of rotatable bonds is 5. The second-order valence-electron chi connectivity index (χ2n) is 3.79. The third kappa shape index (κ3) is 3.31. The van der Waals surface area contributed by atoms with Crippen molar-refractivity contribution in [3.8, 4) is 0 Å². The molecule has 0 amide bonds. The Morgan fingerprint density at radius 2 is 2.00 bits per heavy atom. The molecule has 0 saturated carbocycles. The smallest absolute Gasteiger partial charge is 0.137 e. The highest BCUT2D eigenvalue weighted by Crippen LogP contribution is 2.32. The van der Waals surface area contributed by atoms with Gasteiger partial charge in [0.2, 0.25) is 0 Å². The van der Waals surface area contributed by atoms with Gasteiger partial charge >= 0.3 is 0 Å². The monoisotopic (exact) mass is 262 g/mol. The van der Waals surface area contributed by atoms with Gasteiger partial charge < -0.3 is 5.32 Å². The first-order valence-electron chi connectivity index (χ1n) is 5.87. The quantitative estimate of drug-likeness (QED) is 0.893. The fourth-order valence-corrected chi connectivity index (χ4v) is 2.52. The van der Waals surface area contributed by atoms with Crippen LogP contribution in [0.1, 0.15) is 12.5 Å². The van der Waals surface area contributed by atoms with Crippen LogP contribution in [0.25, 0.3) is 0 Å². The SMILES string of the molecule is CCNCc1cccc(F)c1Sc1ccncc1. The number of benzene rings is 1. The van der Waals surface area contributed by atoms with Gasteiger partial charge in [-0.05, 0) is 30.3 Å². The van der Waals surface area contributed by atoms with Gasteiger partial charge in [0, 0.05) is 23.8 Å². The predicted octanol–water partition coefficient (Wildman–Crippen LogP) is 3.48. The third-order valence-electron chi connectivity index (χ3n) is 2.48. The molecule has 4 heteroatoms. The molecule has 0 unspecified atom stereocenters. The first-order chi connectivity index (χ1) is 8.81. The molecule has 18 heavy (non-hydrogen) atoms. The average molecular weight is 262 g/mol. The van der Waals surface area contributed by atoms with Gasteiger partial charge in [-0.15, -0.1) is 0 Å². The molecule has 1 aromatic carbocycles. The van der Waals surface area contributed by atoms with Gasteiger partial charge in [-0.25, -0.2) is 4.39 Å². The zero-order valence-electron chi connectivity index (χ0n) is 10.2. The first-order valence-corrected chi connectivity index (χ1v) is 6.69. The van der Waals surface area contributed by atoms with Crippen LogP contribution in [0.3, 0.4) is 0 Å². The van der Waals surface area contributed by atoms with Crippen LogP contribution in [-0.4, -0.2) is 11.5 Å². The van der Waals surface area contributed by atoms with Crippen molar-refractivity contribution in [2.24, 2.45) is 0 Å². The van der Waals surface area contributed by atoms with E-state index in [1.165, 1.54) is 17.8 Å². The molecular weight excluding hydrogens is 247 g/mol. The summed E-state index contributed by atoms with van der Waals surface area (Å²) in [7, 11) is 0. The third-order valence-corrected chi connectivity index (χ3v) is 3.65. The average Bonchev–Trinajstić information content (AvgIpc) is 2.41. The van der Waals surface area contributed by atoms with E-state index < -0.39 is 0 Å². The standard InChI is InChI=1S/C14H15FN2S/c1-2-16-10-11-4-3-5-13(15)14(11)18-12-6-8-17-9-7-12/h3-9,16H,2,10H2,1H3. The lowest BCUT2D eigenvalue weighted by molar-refractivity contribution is 0.591. The Morgan fingerprint density at radius 1 is 1.22 bits per heavy atom. The van der Waals surface area contributed by atoms with Crippen LogP contribution >= 0.6 is 11.8 Å². The number of pyridine rings is 1. The highest BCUT2D eigenvalue weighted by molar-refractivity contribution is 7.99. The second-order valence-corrected chi connectivity index (χ2v) is 4.88. The molecule has 1 N–H and O–H groups in total. The normalized spacial score (nSPS) is 10.6. The summed E-state index contributed by atoms with van der Waals surface area (Å²) in [4.78, 5) is 5.64. The van der Waals surface area contributed by atoms with E-state index in [9.17, 15) is 4.39 Å². The summed E-state index contributed by atoms with van der Waals surface area (Å²) in [5.74, 6) is -0.174. The number of aromatic nitrogens is 1. The van der Waals surface area contributed by atoms with E-state index in [1.807, 2.05) is 25.1 Å². The van der Waals surface area contributed by atoms with E-state index in [2.05, 4.69) is 10.3 Å². The maximum Gasteiger partial charge on any atom is 0.137 e. The Bertz CT molecular complexity index is 502. The largest absolute Gasteiger partial charge is 0.313 e. The van der Waals surface area contributed by atoms with E-state index in [4.69, 9.17) is 0 Å². The van der Waals surface area contributed by atoms with Crippen molar-refractivity contribution in [1.29, 1.82) is 0 Å². The Balaban J connectivity index is 2.25. The van der Waals surface area contributed by atoms with Gasteiger partial charge in [-0.1, -0.05) is 30.8 Å². The summed E-state index contributed by atoms with van der Waals surface area (Å²) in [6.07, 6.45) is 3.43. The van der Waals surface area contributed by atoms with Gasteiger partial charge in [0.25, 0.3) is 0 Å². The Kier molecular flexibility index (Phi) is 4.73. The molecule has 1 heterocycles. The second kappa shape index (κ2) is 6.52. The summed E-state index contributed by atoms with van der Waals surface area (Å²) < 4.78 is 13.9. The molecule has 1 aromatic heterocycles. The van der Waals surface area contributed by atoms with E-state index in [0.29, 0.717) is 11.4 Å². The van der Waals surface area contributed by atoms with Crippen molar-refractivity contribution in [2.75, 3.05) is 6.54 Å². The van der Waals surface area contributed by atoms with Gasteiger partial charge in [0.1, 0.15) is 5.82 Å². The maximum absolute atomic E-state index is 13.9. The van der Waals surface area contributed by atoms with E-state index in [1.54, 1.807) is 18.5 Å². The highest BCUT2D eigenvalue weighted by Gasteiger charge is 2.09. The zero-order chi connectivity index (χ0) is 12.8. The minimum absolute atomic E-state index is 0.174. The van der Waals surface area contributed by atoms with E-state index >= 15 is 0 Å². The lowest BCUT2D eigenvalue weighted by Crippen LogP contribution is -2.12. The van der Waals surface area contributed by atoms with Crippen molar-refractivity contribution >= 4 is 11.8 Å². The van der Waals surface area contributed by atoms with Gasteiger partial charge in [-0.2, -0.15) is 0 Å². The molecule has 0 aliphatic rings. The number of nitrogens with zero attached hydrogens (tertiary/aromatic N) is 1. The summed E-state index contributed by atoms with van der Waals surface area (Å²) in [6, 6.07) is 8.97. The molecule has 0 radical (unpaired) electrons. The molecule has 0 fully saturated rings. The highest BCUT2D eigenvalue weighted by atomic mass is 32.2. The van der Waals surface area contributed by atoms with Crippen LogP contribution in [0.2, 0.25) is 0 Å². The molecule has 0 saturated heterocycles. The molecule has 2 rings (SSSR count). The van der Waals surface area contributed by atoms with Gasteiger partial charge in [0.05, 0.1) is 4.90 Å². The summed E-state index contributed by atoms with van der Waals surface area (Å²) in [5.41, 5.74) is 0.985. The minimum Gasteiger partial charge on any atom is -0.313 e. The first kappa shape index (κ1) is 13.1. The maximum atomic E-state index is 13.9. The Hall–Kier alpha value is -1.39. The van der Waals surface area contributed by atoms with Crippen LogP contribution in [0.5, 0.6) is 0 Å². The lowest BCUT2D eigenvalue weighted by Gasteiger charge is -2.10. The van der Waals surface area contributed by atoms with Crippen molar-refractivity contribution in [1.82, 2.24) is 10.3 Å². The molecule has 94 valence electrons. The van der Waals surface area contributed by atoms with Crippen LogP contribution in [0, 0.1) is 5.82 Å². The van der Waals surface area contributed by atoms with Gasteiger partial charge in [-0.3, -0.25) is 4.98 Å². The van der Waals surface area contributed by atoms with Crippen LogP contribution in [0.15, 0.2) is 52.5 Å². The van der Waals surface area contributed by atoms with Crippen molar-refractivity contribution in [2.45, 2.75) is 23.3 Å². The fourth-order valence-electron chi connectivity index (χ4n) is 1.59. The van der Waals surface area contributed by atoms with Crippen LogP contribution in [0.4, 0.5) is 4.39 Å². The summed E-state index contributed by atoms with van der Waals surface area (Å²) in [6.45, 7) is 3.59. The number of hydrogen-bond acceptors (Lipinski definition) is 3. The topological polar surface area (TPSA) is 24.9 Å². The minimum atomic E-state index is -0.174. The molecule has 0 aliphatic carbocycles. The van der Waals surface area contributed by atoms with Crippen molar-refractivity contribution in [3.63, 3.8) is 0 Å². The van der Waals surface area contributed by atoms with E-state index in [-0.39, 0.29) is 5.82 Å². The molecule has 0 spiro atoms. The molecule has 0 atom stereocenters. The van der Waals surface area contributed by atoms with Crippen LogP contribution < -0.4 is 5.32 Å². The molecule has 2 nitrogen and oxygen atoms in total. The zero-order valence-corrected chi connectivity index (χ0v) is 11.0. The summed E-state index contributed by atoms with van der Waals surface area (Å²) >= 11 is 1.44. The summed E-state index contributed by atoms with van der Waals surface area (Å²) in [5, 5.41) is 3.23. The number of hydrogen-bond donors (Lipinski definition) is 1.